The lowest BCUT2D eigenvalue weighted by Gasteiger charge is -2.30. The molecular weight excluding hydrogens is 273 g/mol. The van der Waals surface area contributed by atoms with E-state index in [4.69, 9.17) is 0 Å². The number of alkyl halides is 3. The van der Waals surface area contributed by atoms with E-state index in [0.29, 0.717) is 0 Å². The van der Waals surface area contributed by atoms with Crippen LogP contribution in [0.2, 0.25) is 0 Å². The van der Waals surface area contributed by atoms with Gasteiger partial charge in [-0.15, -0.1) is 0 Å². The Labute approximate surface area is 116 Å². The van der Waals surface area contributed by atoms with Crippen molar-refractivity contribution in [3.05, 3.63) is 0 Å². The van der Waals surface area contributed by atoms with E-state index in [1.165, 1.54) is 0 Å². The van der Waals surface area contributed by atoms with Crippen LogP contribution in [0.15, 0.2) is 0 Å². The summed E-state index contributed by atoms with van der Waals surface area (Å²) in [7, 11) is 0. The highest BCUT2D eigenvalue weighted by molar-refractivity contribution is 5.84. The van der Waals surface area contributed by atoms with Crippen LogP contribution in [0.5, 0.6) is 0 Å². The van der Waals surface area contributed by atoms with E-state index in [9.17, 15) is 23.1 Å². The second kappa shape index (κ2) is 5.89. The molecule has 1 heterocycles. The van der Waals surface area contributed by atoms with Crippen LogP contribution in [0.25, 0.3) is 0 Å². The van der Waals surface area contributed by atoms with Gasteiger partial charge < -0.3 is 15.7 Å². The Hall–Kier alpha value is -0.820. The van der Waals surface area contributed by atoms with Gasteiger partial charge in [0.2, 0.25) is 5.91 Å². The van der Waals surface area contributed by atoms with Crippen molar-refractivity contribution < 1.29 is 23.1 Å². The molecule has 7 heteroatoms. The molecule has 0 spiro atoms. The monoisotopic (exact) mass is 294 g/mol. The highest BCUT2D eigenvalue weighted by Gasteiger charge is 2.61. The number of hydrogen-bond donors (Lipinski definition) is 3. The number of amides is 1. The number of carbonyl (C=O) groups is 1. The number of halogens is 3. The van der Waals surface area contributed by atoms with Crippen molar-refractivity contribution in [2.75, 3.05) is 26.2 Å². The molecule has 20 heavy (non-hydrogen) atoms. The van der Waals surface area contributed by atoms with Gasteiger partial charge in [0.15, 0.2) is 5.41 Å². The maximum absolute atomic E-state index is 13.2. The molecule has 2 aliphatic rings. The van der Waals surface area contributed by atoms with Gasteiger partial charge in [-0.05, 0) is 37.6 Å². The first-order valence-corrected chi connectivity index (χ1v) is 7.07. The molecule has 4 nitrogen and oxygen atoms in total. The maximum Gasteiger partial charge on any atom is 0.404 e. The number of nitrogens with one attached hydrogen (secondary N) is 2. The smallest absolute Gasteiger partial charge is 0.396 e. The van der Waals surface area contributed by atoms with Crippen molar-refractivity contribution in [2.24, 2.45) is 17.3 Å². The normalized spacial score (nSPS) is 34.4. The summed E-state index contributed by atoms with van der Waals surface area (Å²) in [5.41, 5.74) is -2.29. The number of rotatable bonds is 4. The Morgan fingerprint density at radius 1 is 1.35 bits per heavy atom. The number of hydrogen-bond acceptors (Lipinski definition) is 3. The maximum atomic E-state index is 13.2. The molecule has 0 aromatic rings. The molecule has 1 saturated heterocycles. The van der Waals surface area contributed by atoms with Gasteiger partial charge in [-0.2, -0.15) is 13.2 Å². The first kappa shape index (κ1) is 15.6. The fraction of sp³-hybridized carbons (Fsp3) is 0.923. The van der Waals surface area contributed by atoms with Gasteiger partial charge in [0, 0.05) is 19.7 Å². The summed E-state index contributed by atoms with van der Waals surface area (Å²) in [6.45, 7) is 0.112. The van der Waals surface area contributed by atoms with Crippen molar-refractivity contribution in [2.45, 2.75) is 31.9 Å². The summed E-state index contributed by atoms with van der Waals surface area (Å²) in [6, 6.07) is 0. The quantitative estimate of drug-likeness (QED) is 0.726. The van der Waals surface area contributed by atoms with Crippen LogP contribution in [0.1, 0.15) is 25.7 Å². The van der Waals surface area contributed by atoms with Gasteiger partial charge in [-0.3, -0.25) is 4.79 Å². The van der Waals surface area contributed by atoms with Crippen molar-refractivity contribution in [3.63, 3.8) is 0 Å². The third kappa shape index (κ3) is 2.79. The van der Waals surface area contributed by atoms with E-state index < -0.39 is 17.5 Å². The average molecular weight is 294 g/mol. The summed E-state index contributed by atoms with van der Waals surface area (Å²) in [4.78, 5) is 12.0. The SMILES string of the molecule is O=C(NCC1CCCC1CO)C1(C(F)(F)F)CCNC1. The van der Waals surface area contributed by atoms with Gasteiger partial charge >= 0.3 is 6.18 Å². The van der Waals surface area contributed by atoms with Crippen LogP contribution >= 0.6 is 0 Å². The van der Waals surface area contributed by atoms with E-state index in [1.807, 2.05) is 0 Å². The molecule has 2 rings (SSSR count). The Morgan fingerprint density at radius 2 is 2.05 bits per heavy atom. The van der Waals surface area contributed by atoms with Crippen molar-refractivity contribution in [1.82, 2.24) is 10.6 Å². The fourth-order valence-electron chi connectivity index (χ4n) is 3.27. The van der Waals surface area contributed by atoms with Gasteiger partial charge in [-0.1, -0.05) is 6.42 Å². The fourth-order valence-corrected chi connectivity index (χ4v) is 3.27. The molecule has 1 aliphatic carbocycles. The summed E-state index contributed by atoms with van der Waals surface area (Å²) in [5, 5.41) is 14.3. The first-order chi connectivity index (χ1) is 9.40. The van der Waals surface area contributed by atoms with E-state index in [0.717, 1.165) is 19.3 Å². The Bertz CT molecular complexity index is 354. The molecule has 3 N–H and O–H groups in total. The minimum Gasteiger partial charge on any atom is -0.396 e. The van der Waals surface area contributed by atoms with Gasteiger partial charge in [0.25, 0.3) is 0 Å². The number of aliphatic hydroxyl groups excluding tert-OH is 1. The molecule has 3 unspecified atom stereocenters. The third-order valence-corrected chi connectivity index (χ3v) is 4.71. The molecule has 0 radical (unpaired) electrons. The average Bonchev–Trinajstić information content (AvgIpc) is 3.04. The van der Waals surface area contributed by atoms with Gasteiger partial charge in [-0.25, -0.2) is 0 Å². The predicted molar refractivity (Wildman–Crippen MR) is 66.9 cm³/mol. The lowest BCUT2D eigenvalue weighted by atomic mass is 9.85. The molecule has 116 valence electrons. The second-order valence-corrected chi connectivity index (χ2v) is 5.85. The first-order valence-electron chi connectivity index (χ1n) is 7.07. The van der Waals surface area contributed by atoms with Gasteiger partial charge in [0.05, 0.1) is 0 Å². The van der Waals surface area contributed by atoms with Crippen molar-refractivity contribution >= 4 is 5.91 Å². The highest BCUT2D eigenvalue weighted by Crippen LogP contribution is 2.43. The summed E-state index contributed by atoms with van der Waals surface area (Å²) in [5.74, 6) is -0.749. The van der Waals surface area contributed by atoms with Crippen molar-refractivity contribution in [3.8, 4) is 0 Å². The number of aliphatic hydroxyl groups is 1. The van der Waals surface area contributed by atoms with E-state index in [2.05, 4.69) is 10.6 Å². The molecule has 0 aromatic heterocycles. The van der Waals surface area contributed by atoms with E-state index >= 15 is 0 Å². The van der Waals surface area contributed by atoms with Crippen LogP contribution in [0.4, 0.5) is 13.2 Å². The lowest BCUT2D eigenvalue weighted by Crippen LogP contribution is -2.53. The van der Waals surface area contributed by atoms with Crippen LogP contribution < -0.4 is 10.6 Å². The Morgan fingerprint density at radius 3 is 2.60 bits per heavy atom. The van der Waals surface area contributed by atoms with Crippen molar-refractivity contribution in [1.29, 1.82) is 0 Å². The zero-order chi connectivity index (χ0) is 14.8. The van der Waals surface area contributed by atoms with Crippen LogP contribution in [-0.4, -0.2) is 43.4 Å². The lowest BCUT2D eigenvalue weighted by molar-refractivity contribution is -0.216. The largest absolute Gasteiger partial charge is 0.404 e. The summed E-state index contributed by atoms with van der Waals surface area (Å²) in [6.07, 6.45) is -2.06. The molecule has 1 amide bonds. The molecule has 3 atom stereocenters. The molecule has 2 fully saturated rings. The zero-order valence-electron chi connectivity index (χ0n) is 11.3. The molecule has 1 saturated carbocycles. The molecule has 0 aromatic carbocycles. The minimum absolute atomic E-state index is 0.0342. The minimum atomic E-state index is -4.54. The molecule has 0 bridgehead atoms. The topological polar surface area (TPSA) is 61.4 Å². The van der Waals surface area contributed by atoms with Crippen LogP contribution in [-0.2, 0) is 4.79 Å². The zero-order valence-corrected chi connectivity index (χ0v) is 11.3. The van der Waals surface area contributed by atoms with Gasteiger partial charge in [0.1, 0.15) is 0 Å². The number of carbonyl (C=O) groups excluding carboxylic acids is 1. The van der Waals surface area contributed by atoms with Crippen LogP contribution in [0.3, 0.4) is 0 Å². The predicted octanol–water partition coefficient (Wildman–Crippen LogP) is 1.05. The van der Waals surface area contributed by atoms with Crippen LogP contribution in [0, 0.1) is 17.3 Å². The van der Waals surface area contributed by atoms with E-state index in [-0.39, 0.29) is 44.5 Å². The summed E-state index contributed by atoms with van der Waals surface area (Å²) >= 11 is 0. The molecule has 1 aliphatic heterocycles. The second-order valence-electron chi connectivity index (χ2n) is 5.85. The highest BCUT2D eigenvalue weighted by atomic mass is 19.4. The summed E-state index contributed by atoms with van der Waals surface area (Å²) < 4.78 is 39.5. The van der Waals surface area contributed by atoms with E-state index in [1.54, 1.807) is 0 Å². The third-order valence-electron chi connectivity index (χ3n) is 4.71. The molecular formula is C13H21F3N2O2. The Balaban J connectivity index is 1.96. The Kier molecular flexibility index (Phi) is 4.59. The standard InChI is InChI=1S/C13H21F3N2O2/c14-13(15,16)12(4-5-17-8-12)11(20)18-6-9-2-1-3-10(9)7-19/h9-10,17,19H,1-8H2,(H,18,20).